The number of allylic oxidation sites excluding steroid dienone is 9. The first-order chi connectivity index (χ1) is 22.7. The second-order valence-electron chi connectivity index (χ2n) is 14.0. The van der Waals surface area contributed by atoms with Gasteiger partial charge in [-0.1, -0.05) is 101 Å². The van der Waals surface area contributed by atoms with Crippen LogP contribution in [0.1, 0.15) is 90.7 Å². The summed E-state index contributed by atoms with van der Waals surface area (Å²) in [5.41, 5.74) is 7.79. The highest BCUT2D eigenvalue weighted by Gasteiger charge is 2.45. The van der Waals surface area contributed by atoms with Crippen molar-refractivity contribution in [2.75, 3.05) is 18.0 Å². The molecule has 0 saturated heterocycles. The predicted molar refractivity (Wildman–Crippen MR) is 203 cm³/mol. The van der Waals surface area contributed by atoms with E-state index in [1.54, 1.807) is 0 Å². The second-order valence-corrected chi connectivity index (χ2v) is 14.0. The number of hydrogen-bond acceptors (Lipinski definition) is 2. The van der Waals surface area contributed by atoms with Crippen molar-refractivity contribution in [3.8, 4) is 0 Å². The molecule has 3 aliphatic rings. The molecule has 244 valence electrons. The van der Waals surface area contributed by atoms with Crippen molar-refractivity contribution in [2.45, 2.75) is 90.4 Å². The molecule has 0 fully saturated rings. The molecule has 2 aromatic carbocycles. The molecule has 0 N–H and O–H groups in total. The summed E-state index contributed by atoms with van der Waals surface area (Å²) in [6.45, 7) is 21.9. The molecule has 5 rings (SSSR count). The highest BCUT2D eigenvalue weighted by atomic mass is 16.1. The van der Waals surface area contributed by atoms with Crippen molar-refractivity contribution in [1.29, 1.82) is 0 Å². The van der Waals surface area contributed by atoms with Crippen LogP contribution in [-0.4, -0.2) is 29.7 Å². The van der Waals surface area contributed by atoms with Gasteiger partial charge >= 0.3 is 0 Å². The summed E-state index contributed by atoms with van der Waals surface area (Å²) in [4.78, 5) is 13.3. The van der Waals surface area contributed by atoms with Gasteiger partial charge in [0.2, 0.25) is 5.69 Å². The van der Waals surface area contributed by atoms with Crippen molar-refractivity contribution in [2.24, 2.45) is 0 Å². The molecule has 0 aromatic heterocycles. The number of benzene rings is 2. The van der Waals surface area contributed by atoms with Gasteiger partial charge in [0.05, 0.1) is 5.41 Å². The molecule has 0 radical (unpaired) electrons. The van der Waals surface area contributed by atoms with Gasteiger partial charge in [0, 0.05) is 53.9 Å². The summed E-state index contributed by atoms with van der Waals surface area (Å²) in [5, 5.41) is 5.00. The van der Waals surface area contributed by atoms with Crippen LogP contribution in [-0.2, 0) is 15.6 Å². The molecule has 0 unspecified atom stereocenters. The molecule has 0 bridgehead atoms. The third-order valence-electron chi connectivity index (χ3n) is 10.0. The maximum atomic E-state index is 10.8. The third kappa shape index (κ3) is 6.63. The zero-order valence-corrected chi connectivity index (χ0v) is 29.3. The summed E-state index contributed by atoms with van der Waals surface area (Å²) in [6.07, 6.45) is 32.2. The Hall–Kier alpha value is -4.24. The lowest BCUT2D eigenvalue weighted by Gasteiger charge is -2.27. The molecule has 1 aliphatic carbocycles. The standard InChI is InChI=1S/C44H53N2O/c1-8-21-35-33(3)26-28-37-41(35)43(4,5)40(46(37)31-19-13-14-20-32-47)25-16-12-10-11-15-24-39-44(6,7)42-36-23-18-17-22-34(36)27-29-38(42)45(39)30-9-2/h8,10-12,15-16,21-29,32H,1,3,9,13-14,17-20,30-31H2,2,4-7H3/q+1/b35-21+. The molecule has 3 heteroatoms. The fourth-order valence-corrected chi connectivity index (χ4v) is 7.86. The predicted octanol–water partition coefficient (Wildman–Crippen LogP) is 7.31. The van der Waals surface area contributed by atoms with Gasteiger partial charge in [-0.15, -0.1) is 0 Å². The Bertz CT molecular complexity index is 1930. The number of fused-ring (bicyclic) bond motifs is 4. The zero-order valence-electron chi connectivity index (χ0n) is 29.3. The fourth-order valence-electron chi connectivity index (χ4n) is 7.86. The van der Waals surface area contributed by atoms with Crippen LogP contribution in [0.25, 0.3) is 24.8 Å². The monoisotopic (exact) mass is 625 g/mol. The van der Waals surface area contributed by atoms with E-state index in [0.717, 1.165) is 68.3 Å². The van der Waals surface area contributed by atoms with Gasteiger partial charge in [-0.3, -0.25) is 0 Å². The SMILES string of the molecule is C=C/C=c1/c2c(ccc1=C)N(CCCCCC=O)\C(=C/C=C/C=C/C=C/C1=[N+](CCC)c3ccc4c(c3C1(C)C)=CCCC=4)C2(C)C. The van der Waals surface area contributed by atoms with E-state index < -0.39 is 0 Å². The molecule has 2 aliphatic heterocycles. The Kier molecular flexibility index (Phi) is 10.6. The van der Waals surface area contributed by atoms with Crippen LogP contribution in [0.5, 0.6) is 0 Å². The first-order valence-corrected chi connectivity index (χ1v) is 17.6. The number of rotatable bonds is 13. The number of unbranched alkanes of at least 4 members (excludes halogenated alkanes) is 3. The number of anilines is 1. The minimum Gasteiger partial charge on any atom is -0.344 e. The first-order valence-electron chi connectivity index (χ1n) is 17.6. The van der Waals surface area contributed by atoms with Crippen LogP contribution in [0.3, 0.4) is 0 Å². The highest BCUT2D eigenvalue weighted by Crippen LogP contribution is 2.46. The molecular formula is C44H53N2O+. The van der Waals surface area contributed by atoms with E-state index in [2.05, 4.69) is 142 Å². The van der Waals surface area contributed by atoms with Crippen LogP contribution < -0.4 is 25.8 Å². The smallest absolute Gasteiger partial charge is 0.210 e. The van der Waals surface area contributed by atoms with E-state index in [1.807, 2.05) is 6.08 Å². The maximum absolute atomic E-state index is 10.8. The first kappa shape index (κ1) is 34.1. The molecule has 47 heavy (non-hydrogen) atoms. The molecule has 0 atom stereocenters. The van der Waals surface area contributed by atoms with E-state index in [9.17, 15) is 4.79 Å². The molecule has 2 aromatic rings. The van der Waals surface area contributed by atoms with Gasteiger partial charge in [0.1, 0.15) is 12.8 Å². The number of aldehydes is 1. The normalized spacial score (nSPS) is 19.0. The minimum atomic E-state index is -0.189. The van der Waals surface area contributed by atoms with Crippen LogP contribution >= 0.6 is 0 Å². The van der Waals surface area contributed by atoms with Crippen molar-refractivity contribution in [1.82, 2.24) is 0 Å². The van der Waals surface area contributed by atoms with Crippen LogP contribution in [0.2, 0.25) is 0 Å². The number of carbonyl (C=O) groups excluding carboxylic acids is 1. The maximum Gasteiger partial charge on any atom is 0.210 e. The molecule has 3 nitrogen and oxygen atoms in total. The Morgan fingerprint density at radius 3 is 2.40 bits per heavy atom. The summed E-state index contributed by atoms with van der Waals surface area (Å²) < 4.78 is 2.53. The van der Waals surface area contributed by atoms with E-state index in [0.29, 0.717) is 6.42 Å². The van der Waals surface area contributed by atoms with Crippen molar-refractivity contribution < 1.29 is 9.37 Å². The molecule has 0 spiro atoms. The van der Waals surface area contributed by atoms with Crippen molar-refractivity contribution in [3.63, 3.8) is 0 Å². The molecule has 0 amide bonds. The lowest BCUT2D eigenvalue weighted by Crippen LogP contribution is -2.38. The van der Waals surface area contributed by atoms with Gasteiger partial charge in [0.25, 0.3) is 0 Å². The Morgan fingerprint density at radius 2 is 1.64 bits per heavy atom. The van der Waals surface area contributed by atoms with Crippen LogP contribution in [0.4, 0.5) is 11.4 Å². The molecular weight excluding hydrogens is 572 g/mol. The average molecular weight is 626 g/mol. The van der Waals surface area contributed by atoms with E-state index in [1.165, 1.54) is 44.3 Å². The number of nitrogens with zero attached hydrogens (tertiary/aromatic N) is 2. The topological polar surface area (TPSA) is 23.3 Å². The number of carbonyl (C=O) groups is 1. The van der Waals surface area contributed by atoms with Gasteiger partial charge < -0.3 is 9.69 Å². The summed E-state index contributed by atoms with van der Waals surface area (Å²) in [7, 11) is 0. The Labute approximate surface area is 282 Å². The third-order valence-corrected chi connectivity index (χ3v) is 10.0. The molecule has 0 saturated carbocycles. The summed E-state index contributed by atoms with van der Waals surface area (Å²) in [6, 6.07) is 8.98. The number of hydrogen-bond donors (Lipinski definition) is 0. The second kappa shape index (κ2) is 14.7. The fraction of sp³-hybridized carbons (Fsp3) is 0.364. The summed E-state index contributed by atoms with van der Waals surface area (Å²) >= 11 is 0. The van der Waals surface area contributed by atoms with Gasteiger partial charge in [0.15, 0.2) is 5.71 Å². The lowest BCUT2D eigenvalue weighted by atomic mass is 9.79. The van der Waals surface area contributed by atoms with Crippen molar-refractivity contribution in [3.05, 3.63) is 117 Å². The van der Waals surface area contributed by atoms with Gasteiger partial charge in [-0.2, -0.15) is 4.58 Å². The van der Waals surface area contributed by atoms with Crippen molar-refractivity contribution >= 4 is 48.2 Å². The van der Waals surface area contributed by atoms with Gasteiger partial charge in [-0.05, 0) is 84.2 Å². The Balaban J connectivity index is 1.40. The quantitative estimate of drug-likeness (QED) is 0.101. The highest BCUT2D eigenvalue weighted by molar-refractivity contribution is 6.03. The van der Waals surface area contributed by atoms with Crippen LogP contribution in [0.15, 0.2) is 85.1 Å². The van der Waals surface area contributed by atoms with E-state index in [4.69, 9.17) is 0 Å². The van der Waals surface area contributed by atoms with Gasteiger partial charge in [-0.25, -0.2) is 0 Å². The molecule has 2 heterocycles. The summed E-state index contributed by atoms with van der Waals surface area (Å²) in [5.74, 6) is 0. The van der Waals surface area contributed by atoms with E-state index in [-0.39, 0.29) is 10.8 Å². The van der Waals surface area contributed by atoms with Crippen LogP contribution in [0, 0.1) is 0 Å². The average Bonchev–Trinajstić information content (AvgIpc) is 3.40. The largest absolute Gasteiger partial charge is 0.344 e. The van der Waals surface area contributed by atoms with E-state index >= 15 is 0 Å². The zero-order chi connectivity index (χ0) is 33.6. The Morgan fingerprint density at radius 1 is 0.872 bits per heavy atom. The lowest BCUT2D eigenvalue weighted by molar-refractivity contribution is -0.437. The minimum absolute atomic E-state index is 0.0579.